The molecule has 1 aromatic carbocycles. The monoisotopic (exact) mass is 337 g/mol. The average Bonchev–Trinajstić information content (AvgIpc) is 2.66. The van der Waals surface area contributed by atoms with Crippen LogP contribution in [0, 0.1) is 6.92 Å². The van der Waals surface area contributed by atoms with Crippen molar-refractivity contribution in [3.8, 4) is 0 Å². The van der Waals surface area contributed by atoms with E-state index < -0.39 is 0 Å². The van der Waals surface area contributed by atoms with E-state index in [2.05, 4.69) is 68.4 Å². The Morgan fingerprint density at radius 1 is 1.08 bits per heavy atom. The van der Waals surface area contributed by atoms with Crippen LogP contribution in [-0.4, -0.2) is 54.0 Å². The third-order valence-corrected chi connectivity index (χ3v) is 4.66. The van der Waals surface area contributed by atoms with Crippen LogP contribution in [0.1, 0.15) is 16.8 Å². The number of piperazine rings is 1. The number of benzene rings is 1. The zero-order valence-electron chi connectivity index (χ0n) is 15.2. The zero-order chi connectivity index (χ0) is 17.5. The van der Waals surface area contributed by atoms with Crippen molar-refractivity contribution in [2.75, 3.05) is 33.2 Å². The molecular weight excluding hydrogens is 310 g/mol. The molecule has 0 spiro atoms. The lowest BCUT2D eigenvalue weighted by atomic mass is 10.2. The summed E-state index contributed by atoms with van der Waals surface area (Å²) in [7, 11) is 1.85. The van der Waals surface area contributed by atoms with Gasteiger partial charge in [-0.25, -0.2) is 0 Å². The van der Waals surface area contributed by atoms with Crippen LogP contribution in [0.3, 0.4) is 0 Å². The van der Waals surface area contributed by atoms with Gasteiger partial charge in [0.05, 0.1) is 12.2 Å². The number of pyridine rings is 1. The number of aryl methyl sites for hydroxylation is 1. The SMILES string of the molecule is CN=C(NCc1ncccc1C)N1CCN(Cc2ccccc2)CC1. The maximum absolute atomic E-state index is 4.45. The summed E-state index contributed by atoms with van der Waals surface area (Å²) in [5.41, 5.74) is 3.66. The van der Waals surface area contributed by atoms with Crippen LogP contribution in [0.5, 0.6) is 0 Å². The molecule has 1 fully saturated rings. The van der Waals surface area contributed by atoms with Crippen molar-refractivity contribution in [2.45, 2.75) is 20.0 Å². The van der Waals surface area contributed by atoms with Gasteiger partial charge in [-0.15, -0.1) is 0 Å². The van der Waals surface area contributed by atoms with Crippen molar-refractivity contribution in [1.29, 1.82) is 0 Å². The van der Waals surface area contributed by atoms with Crippen molar-refractivity contribution >= 4 is 5.96 Å². The molecule has 2 aromatic rings. The van der Waals surface area contributed by atoms with Gasteiger partial charge >= 0.3 is 0 Å². The fourth-order valence-electron chi connectivity index (χ4n) is 3.16. The molecule has 1 aliphatic rings. The number of hydrogen-bond donors (Lipinski definition) is 1. The van der Waals surface area contributed by atoms with Crippen LogP contribution in [0.15, 0.2) is 53.7 Å². The van der Waals surface area contributed by atoms with Crippen LogP contribution >= 0.6 is 0 Å². The second-order valence-corrected chi connectivity index (χ2v) is 6.42. The van der Waals surface area contributed by atoms with Crippen molar-refractivity contribution in [2.24, 2.45) is 4.99 Å². The Hall–Kier alpha value is -2.40. The highest BCUT2D eigenvalue weighted by Crippen LogP contribution is 2.09. The van der Waals surface area contributed by atoms with Crippen molar-refractivity contribution in [3.63, 3.8) is 0 Å². The Bertz CT molecular complexity index is 690. The van der Waals surface area contributed by atoms with Gasteiger partial charge in [-0.05, 0) is 24.1 Å². The Kier molecular flexibility index (Phi) is 6.01. The lowest BCUT2D eigenvalue weighted by Gasteiger charge is -2.36. The van der Waals surface area contributed by atoms with Crippen LogP contribution in [0.4, 0.5) is 0 Å². The molecule has 0 saturated carbocycles. The zero-order valence-corrected chi connectivity index (χ0v) is 15.2. The van der Waals surface area contributed by atoms with Gasteiger partial charge in [-0.2, -0.15) is 0 Å². The molecule has 0 unspecified atom stereocenters. The first-order valence-electron chi connectivity index (χ1n) is 8.88. The second kappa shape index (κ2) is 8.62. The summed E-state index contributed by atoms with van der Waals surface area (Å²) >= 11 is 0. The van der Waals surface area contributed by atoms with Crippen molar-refractivity contribution < 1.29 is 0 Å². The summed E-state index contributed by atoms with van der Waals surface area (Å²) in [5.74, 6) is 0.962. The highest BCUT2D eigenvalue weighted by molar-refractivity contribution is 5.80. The lowest BCUT2D eigenvalue weighted by Crippen LogP contribution is -2.52. The van der Waals surface area contributed by atoms with E-state index in [9.17, 15) is 0 Å². The molecule has 0 atom stereocenters. The number of hydrogen-bond acceptors (Lipinski definition) is 3. The fourth-order valence-corrected chi connectivity index (χ4v) is 3.16. The standard InChI is InChI=1S/C20H27N5/c1-17-7-6-10-22-19(17)15-23-20(21-2)25-13-11-24(12-14-25)16-18-8-4-3-5-9-18/h3-10H,11-16H2,1-2H3,(H,21,23). The number of aromatic nitrogens is 1. The van der Waals surface area contributed by atoms with E-state index in [1.54, 1.807) is 0 Å². The largest absolute Gasteiger partial charge is 0.351 e. The molecule has 2 heterocycles. The minimum absolute atomic E-state index is 0.712. The van der Waals surface area contributed by atoms with Gasteiger partial charge in [0.2, 0.25) is 0 Å². The van der Waals surface area contributed by atoms with Crippen LogP contribution in [-0.2, 0) is 13.1 Å². The number of guanidine groups is 1. The van der Waals surface area contributed by atoms with E-state index in [4.69, 9.17) is 0 Å². The van der Waals surface area contributed by atoms with Crippen molar-refractivity contribution in [1.82, 2.24) is 20.1 Å². The average molecular weight is 337 g/mol. The Morgan fingerprint density at radius 2 is 1.84 bits per heavy atom. The fraction of sp³-hybridized carbons (Fsp3) is 0.400. The van der Waals surface area contributed by atoms with E-state index >= 15 is 0 Å². The van der Waals surface area contributed by atoms with E-state index in [1.165, 1.54) is 11.1 Å². The predicted molar refractivity (Wildman–Crippen MR) is 102 cm³/mol. The minimum Gasteiger partial charge on any atom is -0.351 e. The maximum atomic E-state index is 4.45. The van der Waals surface area contributed by atoms with Gasteiger partial charge in [0.1, 0.15) is 0 Å². The first-order valence-corrected chi connectivity index (χ1v) is 8.88. The van der Waals surface area contributed by atoms with Gasteiger partial charge in [-0.3, -0.25) is 14.9 Å². The summed E-state index contributed by atoms with van der Waals surface area (Å²) in [5, 5.41) is 3.46. The normalized spacial score (nSPS) is 16.1. The summed E-state index contributed by atoms with van der Waals surface area (Å²) in [4.78, 5) is 13.7. The smallest absolute Gasteiger partial charge is 0.194 e. The molecular formula is C20H27N5. The number of nitrogens with one attached hydrogen (secondary N) is 1. The molecule has 5 heteroatoms. The summed E-state index contributed by atoms with van der Waals surface area (Å²) in [6.07, 6.45) is 1.84. The molecule has 0 aliphatic carbocycles. The first kappa shape index (κ1) is 17.4. The third kappa shape index (κ3) is 4.79. The lowest BCUT2D eigenvalue weighted by molar-refractivity contribution is 0.172. The van der Waals surface area contributed by atoms with E-state index in [-0.39, 0.29) is 0 Å². The van der Waals surface area contributed by atoms with Crippen LogP contribution in [0.25, 0.3) is 0 Å². The van der Waals surface area contributed by atoms with E-state index in [0.29, 0.717) is 6.54 Å². The maximum Gasteiger partial charge on any atom is 0.194 e. The van der Waals surface area contributed by atoms with Crippen LogP contribution < -0.4 is 5.32 Å². The topological polar surface area (TPSA) is 43.8 Å². The molecule has 0 bridgehead atoms. The van der Waals surface area contributed by atoms with Gasteiger partial charge < -0.3 is 10.2 Å². The highest BCUT2D eigenvalue weighted by atomic mass is 15.3. The second-order valence-electron chi connectivity index (χ2n) is 6.42. The number of aliphatic imine (C=N–C) groups is 1. The van der Waals surface area contributed by atoms with Crippen molar-refractivity contribution in [3.05, 3.63) is 65.5 Å². The van der Waals surface area contributed by atoms with Gasteiger partial charge in [0.25, 0.3) is 0 Å². The van der Waals surface area contributed by atoms with E-state index in [1.807, 2.05) is 19.3 Å². The number of nitrogens with zero attached hydrogens (tertiary/aromatic N) is 4. The van der Waals surface area contributed by atoms with Gasteiger partial charge in [-0.1, -0.05) is 36.4 Å². The minimum atomic E-state index is 0.712. The summed E-state index contributed by atoms with van der Waals surface area (Å²) in [6, 6.07) is 14.7. The predicted octanol–water partition coefficient (Wildman–Crippen LogP) is 2.28. The molecule has 1 aliphatic heterocycles. The summed E-state index contributed by atoms with van der Waals surface area (Å²) in [6.45, 7) is 7.92. The molecule has 1 N–H and O–H groups in total. The first-order chi connectivity index (χ1) is 12.3. The highest BCUT2D eigenvalue weighted by Gasteiger charge is 2.19. The Balaban J connectivity index is 1.50. The molecule has 0 amide bonds. The molecule has 132 valence electrons. The molecule has 0 radical (unpaired) electrons. The molecule has 1 aromatic heterocycles. The molecule has 5 nitrogen and oxygen atoms in total. The molecule has 1 saturated heterocycles. The Labute approximate surface area is 150 Å². The van der Waals surface area contributed by atoms with Crippen LogP contribution in [0.2, 0.25) is 0 Å². The van der Waals surface area contributed by atoms with E-state index in [0.717, 1.165) is 44.4 Å². The quantitative estimate of drug-likeness (QED) is 0.687. The molecule has 3 rings (SSSR count). The number of rotatable bonds is 4. The van der Waals surface area contributed by atoms with Gasteiger partial charge in [0.15, 0.2) is 5.96 Å². The third-order valence-electron chi connectivity index (χ3n) is 4.66. The van der Waals surface area contributed by atoms with Gasteiger partial charge in [0, 0.05) is 46.0 Å². The summed E-state index contributed by atoms with van der Waals surface area (Å²) < 4.78 is 0. The Morgan fingerprint density at radius 3 is 2.52 bits per heavy atom. The molecule has 25 heavy (non-hydrogen) atoms.